The van der Waals surface area contributed by atoms with Crippen LogP contribution in [0.25, 0.3) is 23.1 Å². The third-order valence-corrected chi connectivity index (χ3v) is 8.09. The Labute approximate surface area is 254 Å². The number of aromatic carboxylic acids is 1. The minimum absolute atomic E-state index is 0.137. The van der Waals surface area contributed by atoms with Gasteiger partial charge in [0.15, 0.2) is 4.80 Å². The number of nitrogens with zero attached hydrogens (tertiary/aromatic N) is 2. The summed E-state index contributed by atoms with van der Waals surface area (Å²) in [7, 11) is 0. The number of aromatic nitrogens is 1. The van der Waals surface area contributed by atoms with Crippen molar-refractivity contribution in [2.45, 2.75) is 13.0 Å². The van der Waals surface area contributed by atoms with Crippen LogP contribution in [-0.2, 0) is 9.53 Å². The Balaban J connectivity index is 1.54. The van der Waals surface area contributed by atoms with Gasteiger partial charge in [-0.1, -0.05) is 77.5 Å². The van der Waals surface area contributed by atoms with Crippen molar-refractivity contribution < 1.29 is 23.8 Å². The van der Waals surface area contributed by atoms with Gasteiger partial charge in [0.2, 0.25) is 0 Å². The zero-order valence-corrected chi connectivity index (χ0v) is 24.3. The zero-order valence-electron chi connectivity index (χ0n) is 22.7. The molecule has 10 heteroatoms. The highest BCUT2D eigenvalue weighted by Crippen LogP contribution is 2.35. The molecule has 8 nitrogen and oxygen atoms in total. The van der Waals surface area contributed by atoms with Crippen LogP contribution in [0.1, 0.15) is 40.2 Å². The highest BCUT2D eigenvalue weighted by Gasteiger charge is 2.35. The fourth-order valence-corrected chi connectivity index (χ4v) is 6.03. The summed E-state index contributed by atoms with van der Waals surface area (Å²) in [6.45, 7) is 1.88. The van der Waals surface area contributed by atoms with Crippen LogP contribution < -0.4 is 14.9 Å². The second-order valence-corrected chi connectivity index (χ2v) is 11.0. The molecule has 3 heterocycles. The number of fused-ring (bicyclic) bond motifs is 1. The predicted octanol–water partition coefficient (Wildman–Crippen LogP) is 5.55. The Hall–Kier alpha value is -4.99. The largest absolute Gasteiger partial charge is 0.478 e. The SMILES string of the molecule is CCOC(=O)C1=C(c2ccccc2)N=c2s/c(=C\c3ccc(-c4cccc(C(=O)O)c4)o3)c(=O)n2C1c1ccc(Cl)cc1. The lowest BCUT2D eigenvalue weighted by Crippen LogP contribution is -2.39. The molecule has 0 amide bonds. The van der Waals surface area contributed by atoms with Crippen LogP contribution in [0.15, 0.2) is 111 Å². The molecule has 0 fully saturated rings. The van der Waals surface area contributed by atoms with Crippen molar-refractivity contribution >= 4 is 46.6 Å². The predicted molar refractivity (Wildman–Crippen MR) is 164 cm³/mol. The van der Waals surface area contributed by atoms with E-state index in [1.165, 1.54) is 28.0 Å². The lowest BCUT2D eigenvalue weighted by Gasteiger charge is -2.25. The molecular weight excluding hydrogens is 588 g/mol. The molecular formula is C33H23ClN2O6S. The first-order valence-corrected chi connectivity index (χ1v) is 14.5. The summed E-state index contributed by atoms with van der Waals surface area (Å²) >= 11 is 7.36. The normalized spacial score (nSPS) is 14.7. The van der Waals surface area contributed by atoms with Gasteiger partial charge in [0.05, 0.1) is 34.0 Å². The van der Waals surface area contributed by atoms with E-state index in [1.807, 2.05) is 30.3 Å². The number of halogens is 1. The second kappa shape index (κ2) is 11.7. The van der Waals surface area contributed by atoms with E-state index in [0.717, 1.165) is 0 Å². The maximum absolute atomic E-state index is 14.0. The lowest BCUT2D eigenvalue weighted by molar-refractivity contribution is -0.138. The summed E-state index contributed by atoms with van der Waals surface area (Å²) in [5.41, 5.74) is 2.41. The number of ether oxygens (including phenoxy) is 1. The molecule has 0 saturated heterocycles. The Morgan fingerprint density at radius 3 is 2.49 bits per heavy atom. The first-order chi connectivity index (χ1) is 20.8. The molecule has 1 aliphatic rings. The summed E-state index contributed by atoms with van der Waals surface area (Å²) in [6, 6.07) is 25.3. The van der Waals surface area contributed by atoms with Crippen LogP contribution in [0.4, 0.5) is 0 Å². The van der Waals surface area contributed by atoms with E-state index in [-0.39, 0.29) is 23.3 Å². The van der Waals surface area contributed by atoms with Gasteiger partial charge in [-0.25, -0.2) is 14.6 Å². The molecule has 1 atom stereocenters. The van der Waals surface area contributed by atoms with Crippen molar-refractivity contribution in [1.82, 2.24) is 4.57 Å². The second-order valence-electron chi connectivity index (χ2n) is 9.57. The van der Waals surface area contributed by atoms with Gasteiger partial charge in [0, 0.05) is 22.2 Å². The maximum atomic E-state index is 14.0. The van der Waals surface area contributed by atoms with Gasteiger partial charge in [0.1, 0.15) is 11.5 Å². The Morgan fingerprint density at radius 1 is 1.02 bits per heavy atom. The van der Waals surface area contributed by atoms with E-state index in [9.17, 15) is 19.5 Å². The van der Waals surface area contributed by atoms with E-state index in [2.05, 4.69) is 0 Å². The Morgan fingerprint density at radius 2 is 1.77 bits per heavy atom. The van der Waals surface area contributed by atoms with E-state index in [0.29, 0.717) is 48.3 Å². The number of esters is 1. The molecule has 6 rings (SSSR count). The number of furan rings is 1. The van der Waals surface area contributed by atoms with Gasteiger partial charge in [0.25, 0.3) is 5.56 Å². The average Bonchev–Trinajstić information content (AvgIpc) is 3.61. The number of carboxylic acids is 1. The van der Waals surface area contributed by atoms with Gasteiger partial charge in [-0.3, -0.25) is 9.36 Å². The third kappa shape index (κ3) is 5.48. The van der Waals surface area contributed by atoms with Crippen molar-refractivity contribution in [1.29, 1.82) is 0 Å². The number of carbonyl (C=O) groups is 2. The lowest BCUT2D eigenvalue weighted by atomic mass is 9.93. The summed E-state index contributed by atoms with van der Waals surface area (Å²) in [5, 5.41) is 9.86. The minimum atomic E-state index is -1.04. The van der Waals surface area contributed by atoms with E-state index < -0.39 is 18.0 Å². The fourth-order valence-electron chi connectivity index (χ4n) is 4.92. The molecule has 0 spiro atoms. The first kappa shape index (κ1) is 28.1. The molecule has 2 aromatic heterocycles. The molecule has 3 aromatic carbocycles. The first-order valence-electron chi connectivity index (χ1n) is 13.3. The molecule has 43 heavy (non-hydrogen) atoms. The van der Waals surface area contributed by atoms with Crippen molar-refractivity contribution in [3.05, 3.63) is 144 Å². The van der Waals surface area contributed by atoms with Crippen LogP contribution >= 0.6 is 22.9 Å². The van der Waals surface area contributed by atoms with Crippen molar-refractivity contribution in [3.8, 4) is 11.3 Å². The molecule has 0 saturated carbocycles. The quantitative estimate of drug-likeness (QED) is 0.242. The number of rotatable bonds is 7. The van der Waals surface area contributed by atoms with Crippen LogP contribution in [0.2, 0.25) is 5.02 Å². The van der Waals surface area contributed by atoms with E-state index in [1.54, 1.807) is 61.5 Å². The minimum Gasteiger partial charge on any atom is -0.478 e. The highest BCUT2D eigenvalue weighted by molar-refractivity contribution is 7.07. The van der Waals surface area contributed by atoms with Crippen LogP contribution in [0, 0.1) is 0 Å². The molecule has 1 unspecified atom stereocenters. The number of hydrogen-bond donors (Lipinski definition) is 1. The summed E-state index contributed by atoms with van der Waals surface area (Å²) in [4.78, 5) is 44.2. The molecule has 1 aliphatic heterocycles. The van der Waals surface area contributed by atoms with Crippen LogP contribution in [0.3, 0.4) is 0 Å². The third-order valence-electron chi connectivity index (χ3n) is 6.85. The summed E-state index contributed by atoms with van der Waals surface area (Å²) in [6.07, 6.45) is 1.61. The molecule has 5 aromatic rings. The standard InChI is InChI=1S/C33H23ClN2O6S/c1-2-41-32(40)27-28(19-7-4-3-5-8-19)35-33-36(29(27)20-11-13-23(34)14-12-20)30(37)26(43-33)18-24-15-16-25(42-24)21-9-6-10-22(17-21)31(38)39/h3-18,29H,2H2,1H3,(H,38,39)/b26-18-. The van der Waals surface area contributed by atoms with Crippen LogP contribution in [-0.4, -0.2) is 28.2 Å². The van der Waals surface area contributed by atoms with Gasteiger partial charge in [-0.05, 0) is 48.9 Å². The van der Waals surface area contributed by atoms with Gasteiger partial charge in [-0.2, -0.15) is 0 Å². The number of benzene rings is 3. The highest BCUT2D eigenvalue weighted by atomic mass is 35.5. The van der Waals surface area contributed by atoms with Crippen molar-refractivity contribution in [2.24, 2.45) is 4.99 Å². The fraction of sp³-hybridized carbons (Fsp3) is 0.0909. The Kier molecular flexibility index (Phi) is 7.67. The average molecular weight is 611 g/mol. The molecule has 0 aliphatic carbocycles. The van der Waals surface area contributed by atoms with Crippen molar-refractivity contribution in [2.75, 3.05) is 6.61 Å². The van der Waals surface area contributed by atoms with Gasteiger partial charge in [-0.15, -0.1) is 0 Å². The summed E-state index contributed by atoms with van der Waals surface area (Å²) < 4.78 is 13.3. The molecule has 0 radical (unpaired) electrons. The number of thiazole rings is 1. The number of hydrogen-bond acceptors (Lipinski definition) is 7. The smallest absolute Gasteiger partial charge is 0.338 e. The van der Waals surface area contributed by atoms with E-state index >= 15 is 0 Å². The van der Waals surface area contributed by atoms with E-state index in [4.69, 9.17) is 25.7 Å². The van der Waals surface area contributed by atoms with Gasteiger partial charge < -0.3 is 14.3 Å². The van der Waals surface area contributed by atoms with Crippen molar-refractivity contribution in [3.63, 3.8) is 0 Å². The summed E-state index contributed by atoms with van der Waals surface area (Å²) in [5.74, 6) is -0.755. The Bertz CT molecular complexity index is 2070. The van der Waals surface area contributed by atoms with Gasteiger partial charge >= 0.3 is 11.9 Å². The monoisotopic (exact) mass is 610 g/mol. The molecule has 0 bridgehead atoms. The van der Waals surface area contributed by atoms with Crippen LogP contribution in [0.5, 0.6) is 0 Å². The number of carbonyl (C=O) groups excluding carboxylic acids is 1. The topological polar surface area (TPSA) is 111 Å². The number of carboxylic acid groups (broad SMARTS) is 1. The maximum Gasteiger partial charge on any atom is 0.338 e. The molecule has 1 N–H and O–H groups in total. The molecule has 214 valence electrons. The zero-order chi connectivity index (χ0) is 30.1.